The summed E-state index contributed by atoms with van der Waals surface area (Å²) in [7, 11) is 0. The highest BCUT2D eigenvalue weighted by Crippen LogP contribution is 2.33. The molecule has 0 aliphatic carbocycles. The maximum atomic E-state index is 12.8. The molecule has 142 valence electrons. The fourth-order valence-electron chi connectivity index (χ4n) is 4.05. The minimum absolute atomic E-state index is 0.0960. The van der Waals surface area contributed by atoms with E-state index in [1.807, 2.05) is 36.1 Å². The van der Waals surface area contributed by atoms with Crippen LogP contribution in [0.4, 0.5) is 0 Å². The maximum Gasteiger partial charge on any atom is 0.253 e. The van der Waals surface area contributed by atoms with E-state index in [-0.39, 0.29) is 11.5 Å². The number of carbonyl (C=O) groups is 1. The summed E-state index contributed by atoms with van der Waals surface area (Å²) in [6.45, 7) is 6.07. The number of ether oxygens (including phenoxy) is 1. The molecule has 27 heavy (non-hydrogen) atoms. The molecule has 0 unspecified atom stereocenters. The number of amides is 1. The third-order valence-electron chi connectivity index (χ3n) is 5.68. The van der Waals surface area contributed by atoms with Crippen molar-refractivity contribution in [2.24, 2.45) is 0 Å². The van der Waals surface area contributed by atoms with Gasteiger partial charge in [-0.2, -0.15) is 0 Å². The van der Waals surface area contributed by atoms with Gasteiger partial charge in [0.05, 0.1) is 5.60 Å². The highest BCUT2D eigenvalue weighted by Gasteiger charge is 2.42. The number of piperidine rings is 1. The predicted molar refractivity (Wildman–Crippen MR) is 110 cm³/mol. The molecule has 0 aromatic heterocycles. The number of benzene rings is 2. The van der Waals surface area contributed by atoms with Crippen LogP contribution in [-0.4, -0.2) is 47.7 Å². The number of carbonyl (C=O) groups excluding carboxylic acids is 1. The van der Waals surface area contributed by atoms with Crippen molar-refractivity contribution in [3.05, 3.63) is 69.7 Å². The Hall–Kier alpha value is -1.69. The van der Waals surface area contributed by atoms with Gasteiger partial charge in [-0.15, -0.1) is 0 Å². The topological polar surface area (TPSA) is 32.8 Å². The lowest BCUT2D eigenvalue weighted by molar-refractivity contribution is -0.0352. The van der Waals surface area contributed by atoms with E-state index in [0.29, 0.717) is 6.73 Å². The van der Waals surface area contributed by atoms with Gasteiger partial charge in [0.15, 0.2) is 0 Å². The van der Waals surface area contributed by atoms with Gasteiger partial charge in [0.1, 0.15) is 6.73 Å². The van der Waals surface area contributed by atoms with Crippen molar-refractivity contribution in [1.29, 1.82) is 0 Å². The van der Waals surface area contributed by atoms with Gasteiger partial charge in [-0.3, -0.25) is 9.69 Å². The lowest BCUT2D eigenvalue weighted by Gasteiger charge is -2.38. The van der Waals surface area contributed by atoms with Gasteiger partial charge < -0.3 is 9.64 Å². The fourth-order valence-corrected chi connectivity index (χ4v) is 4.30. The van der Waals surface area contributed by atoms with Crippen LogP contribution in [0.25, 0.3) is 0 Å². The smallest absolute Gasteiger partial charge is 0.253 e. The van der Waals surface area contributed by atoms with Gasteiger partial charge >= 0.3 is 0 Å². The van der Waals surface area contributed by atoms with Crippen molar-refractivity contribution in [2.45, 2.75) is 31.9 Å². The van der Waals surface area contributed by atoms with Crippen molar-refractivity contribution in [2.75, 3.05) is 26.4 Å². The largest absolute Gasteiger partial charge is 0.358 e. The van der Waals surface area contributed by atoms with E-state index < -0.39 is 0 Å². The zero-order chi connectivity index (χ0) is 18.9. The molecule has 0 saturated carbocycles. The van der Waals surface area contributed by atoms with Crippen molar-refractivity contribution in [1.82, 2.24) is 9.80 Å². The van der Waals surface area contributed by atoms with E-state index in [2.05, 4.69) is 45.1 Å². The van der Waals surface area contributed by atoms with Crippen LogP contribution in [-0.2, 0) is 11.3 Å². The first-order valence-corrected chi connectivity index (χ1v) is 10.3. The molecule has 2 aromatic carbocycles. The number of hydrogen-bond donors (Lipinski definition) is 0. The molecule has 1 spiro atoms. The average molecular weight is 429 g/mol. The molecule has 4 nitrogen and oxygen atoms in total. The van der Waals surface area contributed by atoms with Gasteiger partial charge in [-0.1, -0.05) is 46.3 Å². The van der Waals surface area contributed by atoms with Crippen LogP contribution in [0.2, 0.25) is 0 Å². The van der Waals surface area contributed by atoms with Crippen LogP contribution in [0, 0.1) is 6.92 Å². The van der Waals surface area contributed by atoms with Gasteiger partial charge in [0.25, 0.3) is 5.91 Å². The van der Waals surface area contributed by atoms with Crippen molar-refractivity contribution < 1.29 is 9.53 Å². The van der Waals surface area contributed by atoms with Crippen LogP contribution in [0.5, 0.6) is 0 Å². The zero-order valence-corrected chi connectivity index (χ0v) is 17.2. The SMILES string of the molecule is Cc1cc(C(=O)N2CCC3(CC2)CN(Cc2ccccc2)CO3)ccc1Br. The van der Waals surface area contributed by atoms with Crippen LogP contribution in [0.15, 0.2) is 53.0 Å². The van der Waals surface area contributed by atoms with Crippen LogP contribution in [0.3, 0.4) is 0 Å². The molecule has 0 N–H and O–H groups in total. The summed E-state index contributed by atoms with van der Waals surface area (Å²) in [5.41, 5.74) is 3.08. The number of halogens is 1. The predicted octanol–water partition coefficient (Wildman–Crippen LogP) is 4.22. The first-order chi connectivity index (χ1) is 13.0. The molecule has 2 heterocycles. The van der Waals surface area contributed by atoms with E-state index >= 15 is 0 Å². The normalized spacial score (nSPS) is 19.6. The molecule has 5 heteroatoms. The Morgan fingerprint density at radius 2 is 1.89 bits per heavy atom. The molecule has 4 rings (SSSR count). The monoisotopic (exact) mass is 428 g/mol. The Labute approximate surface area is 169 Å². The summed E-state index contributed by atoms with van der Waals surface area (Å²) >= 11 is 3.50. The molecule has 2 aromatic rings. The van der Waals surface area contributed by atoms with Crippen LogP contribution in [0.1, 0.15) is 34.3 Å². The molecular formula is C22H25BrN2O2. The van der Waals surface area contributed by atoms with Gasteiger partial charge in [-0.05, 0) is 49.1 Å². The van der Waals surface area contributed by atoms with Crippen molar-refractivity contribution in [3.8, 4) is 0 Å². The van der Waals surface area contributed by atoms with E-state index in [0.717, 1.165) is 54.6 Å². The highest BCUT2D eigenvalue weighted by atomic mass is 79.9. The van der Waals surface area contributed by atoms with Gasteiger partial charge in [-0.25, -0.2) is 0 Å². The van der Waals surface area contributed by atoms with E-state index in [1.54, 1.807) is 0 Å². The molecule has 2 saturated heterocycles. The second-order valence-corrected chi connectivity index (χ2v) is 8.54. The summed E-state index contributed by atoms with van der Waals surface area (Å²) in [5, 5.41) is 0. The first-order valence-electron chi connectivity index (χ1n) is 9.50. The third kappa shape index (κ3) is 4.10. The Morgan fingerprint density at radius 1 is 1.15 bits per heavy atom. The lowest BCUT2D eigenvalue weighted by atomic mass is 9.91. The number of rotatable bonds is 3. The number of nitrogens with zero attached hydrogens (tertiary/aromatic N) is 2. The zero-order valence-electron chi connectivity index (χ0n) is 15.7. The first kappa shape index (κ1) is 18.7. The number of aryl methyl sites for hydroxylation is 1. The number of hydrogen-bond acceptors (Lipinski definition) is 3. The van der Waals surface area contributed by atoms with Crippen LogP contribution < -0.4 is 0 Å². The molecule has 2 aliphatic heterocycles. The summed E-state index contributed by atoms with van der Waals surface area (Å²) < 4.78 is 7.25. The fraction of sp³-hybridized carbons (Fsp3) is 0.409. The average Bonchev–Trinajstić information content (AvgIpc) is 3.07. The Bertz CT molecular complexity index is 816. The molecule has 2 fully saturated rings. The molecule has 0 bridgehead atoms. The molecule has 0 atom stereocenters. The Kier molecular flexibility index (Phi) is 5.35. The molecular weight excluding hydrogens is 404 g/mol. The second-order valence-electron chi connectivity index (χ2n) is 7.69. The van der Waals surface area contributed by atoms with Crippen LogP contribution >= 0.6 is 15.9 Å². The quantitative estimate of drug-likeness (QED) is 0.733. The lowest BCUT2D eigenvalue weighted by Crippen LogP contribution is -2.48. The molecule has 0 radical (unpaired) electrons. The van der Waals surface area contributed by atoms with Crippen molar-refractivity contribution >= 4 is 21.8 Å². The third-order valence-corrected chi connectivity index (χ3v) is 6.57. The second kappa shape index (κ2) is 7.74. The summed E-state index contributed by atoms with van der Waals surface area (Å²) in [6.07, 6.45) is 1.80. The summed E-state index contributed by atoms with van der Waals surface area (Å²) in [5.74, 6) is 0.125. The minimum atomic E-state index is -0.0960. The molecule has 2 aliphatic rings. The van der Waals surface area contributed by atoms with Crippen molar-refractivity contribution in [3.63, 3.8) is 0 Å². The van der Waals surface area contributed by atoms with E-state index in [1.165, 1.54) is 5.56 Å². The maximum absolute atomic E-state index is 12.8. The summed E-state index contributed by atoms with van der Waals surface area (Å²) in [6, 6.07) is 16.3. The Balaban J connectivity index is 1.34. The highest BCUT2D eigenvalue weighted by molar-refractivity contribution is 9.10. The number of likely N-dealkylation sites (tertiary alicyclic amines) is 1. The van der Waals surface area contributed by atoms with Gasteiger partial charge in [0, 0.05) is 36.2 Å². The minimum Gasteiger partial charge on any atom is -0.358 e. The molecule has 1 amide bonds. The van der Waals surface area contributed by atoms with E-state index in [9.17, 15) is 4.79 Å². The van der Waals surface area contributed by atoms with E-state index in [4.69, 9.17) is 4.74 Å². The Morgan fingerprint density at radius 3 is 2.59 bits per heavy atom. The van der Waals surface area contributed by atoms with Gasteiger partial charge in [0.2, 0.25) is 0 Å². The summed E-state index contributed by atoms with van der Waals surface area (Å²) in [4.78, 5) is 17.2. The standard InChI is InChI=1S/C22H25BrN2O2/c1-17-13-19(7-8-20(17)23)21(26)25-11-9-22(10-12-25)15-24(16-27-22)14-18-5-3-2-4-6-18/h2-8,13H,9-12,14-16H2,1H3.